The smallest absolute Gasteiger partial charge is 0.274 e. The summed E-state index contributed by atoms with van der Waals surface area (Å²) in [6, 6.07) is 17.3. The minimum Gasteiger partial charge on any atom is -0.390 e. The van der Waals surface area contributed by atoms with Gasteiger partial charge in [-0.05, 0) is 37.1 Å². The predicted octanol–water partition coefficient (Wildman–Crippen LogP) is 2.92. The molecule has 158 valence electrons. The second kappa shape index (κ2) is 10.3. The number of aromatic nitrogens is 2. The van der Waals surface area contributed by atoms with E-state index in [9.17, 15) is 9.90 Å². The van der Waals surface area contributed by atoms with Gasteiger partial charge in [-0.2, -0.15) is 0 Å². The third-order valence-electron chi connectivity index (χ3n) is 5.08. The predicted molar refractivity (Wildman–Crippen MR) is 119 cm³/mol. The van der Waals surface area contributed by atoms with Gasteiger partial charge in [0.05, 0.1) is 23.3 Å². The van der Waals surface area contributed by atoms with Gasteiger partial charge in [-0.3, -0.25) is 9.78 Å². The molecule has 0 fully saturated rings. The van der Waals surface area contributed by atoms with Crippen LogP contribution in [0.3, 0.4) is 0 Å². The van der Waals surface area contributed by atoms with Crippen molar-refractivity contribution in [3.8, 4) is 0 Å². The third-order valence-corrected chi connectivity index (χ3v) is 5.08. The standard InChI is InChI=1S/C24H30N4O2/c1-17(2)15-28(16-23(29)21(25-3)13-18-9-5-4-6-10-18)24(30)22-14-26-19-11-7-8-12-20(19)27-22/h4-12,14,17,21,23,25,29H,13,15-16H2,1-3H3. The Kier molecular flexibility index (Phi) is 7.49. The fourth-order valence-corrected chi connectivity index (χ4v) is 3.55. The van der Waals surface area contributed by atoms with Crippen molar-refractivity contribution in [3.63, 3.8) is 0 Å². The molecule has 0 aliphatic heterocycles. The summed E-state index contributed by atoms with van der Waals surface area (Å²) in [5.41, 5.74) is 2.87. The minimum atomic E-state index is -0.716. The topological polar surface area (TPSA) is 78.4 Å². The third kappa shape index (κ3) is 5.62. The molecule has 0 aliphatic rings. The Labute approximate surface area is 178 Å². The van der Waals surface area contributed by atoms with Crippen LogP contribution >= 0.6 is 0 Å². The Hall–Kier alpha value is -2.83. The van der Waals surface area contributed by atoms with Gasteiger partial charge in [0, 0.05) is 19.1 Å². The molecule has 2 aromatic carbocycles. The van der Waals surface area contributed by atoms with Crippen molar-refractivity contribution in [3.05, 3.63) is 72.1 Å². The lowest BCUT2D eigenvalue weighted by Gasteiger charge is -2.30. The lowest BCUT2D eigenvalue weighted by Crippen LogP contribution is -2.48. The minimum absolute atomic E-state index is 0.169. The zero-order valence-electron chi connectivity index (χ0n) is 17.8. The Morgan fingerprint density at radius 2 is 1.70 bits per heavy atom. The Bertz CT molecular complexity index is 962. The van der Waals surface area contributed by atoms with Gasteiger partial charge < -0.3 is 15.3 Å². The molecule has 2 unspecified atom stereocenters. The van der Waals surface area contributed by atoms with Crippen molar-refractivity contribution in [1.29, 1.82) is 0 Å². The summed E-state index contributed by atoms with van der Waals surface area (Å²) >= 11 is 0. The van der Waals surface area contributed by atoms with E-state index in [2.05, 4.69) is 29.1 Å². The van der Waals surface area contributed by atoms with Crippen LogP contribution in [-0.2, 0) is 6.42 Å². The van der Waals surface area contributed by atoms with Gasteiger partial charge in [0.2, 0.25) is 0 Å². The summed E-state index contributed by atoms with van der Waals surface area (Å²) < 4.78 is 0. The maximum atomic E-state index is 13.2. The second-order valence-electron chi connectivity index (χ2n) is 8.00. The zero-order valence-corrected chi connectivity index (χ0v) is 17.8. The molecule has 30 heavy (non-hydrogen) atoms. The first-order valence-corrected chi connectivity index (χ1v) is 10.4. The molecular formula is C24H30N4O2. The first-order chi connectivity index (χ1) is 14.5. The van der Waals surface area contributed by atoms with Gasteiger partial charge in [0.1, 0.15) is 5.69 Å². The molecule has 2 atom stereocenters. The largest absolute Gasteiger partial charge is 0.390 e. The first-order valence-electron chi connectivity index (χ1n) is 10.4. The monoisotopic (exact) mass is 406 g/mol. The molecular weight excluding hydrogens is 376 g/mol. The number of amides is 1. The maximum absolute atomic E-state index is 13.2. The number of nitrogens with one attached hydrogen (secondary N) is 1. The Balaban J connectivity index is 1.77. The summed E-state index contributed by atoms with van der Waals surface area (Å²) in [6.07, 6.45) is 1.48. The van der Waals surface area contributed by atoms with Crippen LogP contribution < -0.4 is 5.32 Å². The van der Waals surface area contributed by atoms with Gasteiger partial charge in [-0.15, -0.1) is 0 Å². The van der Waals surface area contributed by atoms with E-state index in [0.717, 1.165) is 11.1 Å². The molecule has 1 aromatic heterocycles. The van der Waals surface area contributed by atoms with Crippen LogP contribution in [0.4, 0.5) is 0 Å². The van der Waals surface area contributed by atoms with Gasteiger partial charge >= 0.3 is 0 Å². The fraction of sp³-hybridized carbons (Fsp3) is 0.375. The van der Waals surface area contributed by atoms with Crippen LogP contribution in [0, 0.1) is 5.92 Å². The molecule has 0 aliphatic carbocycles. The average molecular weight is 407 g/mol. The lowest BCUT2D eigenvalue weighted by atomic mass is 10.0. The quantitative estimate of drug-likeness (QED) is 0.571. The number of hydrogen-bond donors (Lipinski definition) is 2. The van der Waals surface area contributed by atoms with E-state index in [4.69, 9.17) is 0 Å². The van der Waals surface area contributed by atoms with Gasteiger partial charge in [0.25, 0.3) is 5.91 Å². The number of fused-ring (bicyclic) bond motifs is 1. The lowest BCUT2D eigenvalue weighted by molar-refractivity contribution is 0.0512. The molecule has 0 saturated carbocycles. The summed E-state index contributed by atoms with van der Waals surface area (Å²) in [7, 11) is 1.83. The maximum Gasteiger partial charge on any atom is 0.274 e. The number of carbonyl (C=O) groups is 1. The Morgan fingerprint density at radius 1 is 1.03 bits per heavy atom. The second-order valence-corrected chi connectivity index (χ2v) is 8.00. The summed E-state index contributed by atoms with van der Waals surface area (Å²) in [5, 5.41) is 14.1. The van der Waals surface area contributed by atoms with E-state index in [0.29, 0.717) is 24.2 Å². The molecule has 6 nitrogen and oxygen atoms in total. The highest BCUT2D eigenvalue weighted by Crippen LogP contribution is 2.13. The molecule has 3 rings (SSSR count). The molecule has 0 spiro atoms. The van der Waals surface area contributed by atoms with E-state index < -0.39 is 6.10 Å². The van der Waals surface area contributed by atoms with Crippen LogP contribution in [-0.4, -0.2) is 58.2 Å². The number of carbonyl (C=O) groups excluding carboxylic acids is 1. The summed E-state index contributed by atoms with van der Waals surface area (Å²) in [4.78, 5) is 23.8. The van der Waals surface area contributed by atoms with Crippen molar-refractivity contribution < 1.29 is 9.90 Å². The van der Waals surface area contributed by atoms with Gasteiger partial charge in [-0.25, -0.2) is 4.98 Å². The number of benzene rings is 2. The highest BCUT2D eigenvalue weighted by molar-refractivity contribution is 5.93. The first kappa shape index (κ1) is 21.9. The van der Waals surface area contributed by atoms with E-state index in [1.807, 2.05) is 61.6 Å². The normalized spacial score (nSPS) is 13.4. The van der Waals surface area contributed by atoms with Crippen LogP contribution in [0.2, 0.25) is 0 Å². The molecule has 6 heteroatoms. The SMILES string of the molecule is CNC(Cc1ccccc1)C(O)CN(CC(C)C)C(=O)c1cnc2ccccc2n1. The van der Waals surface area contributed by atoms with Crippen molar-refractivity contribution in [2.24, 2.45) is 5.92 Å². The number of aliphatic hydroxyl groups excluding tert-OH is 1. The number of para-hydroxylation sites is 2. The molecule has 0 bridgehead atoms. The average Bonchev–Trinajstić information content (AvgIpc) is 2.76. The van der Waals surface area contributed by atoms with E-state index in [1.54, 1.807) is 4.90 Å². The number of hydrogen-bond acceptors (Lipinski definition) is 5. The molecule has 1 amide bonds. The van der Waals surface area contributed by atoms with Crippen LogP contribution in [0.15, 0.2) is 60.8 Å². The van der Waals surface area contributed by atoms with Crippen molar-refractivity contribution in [1.82, 2.24) is 20.2 Å². The van der Waals surface area contributed by atoms with Gasteiger partial charge in [0.15, 0.2) is 0 Å². The van der Waals surface area contributed by atoms with Gasteiger partial charge in [-0.1, -0.05) is 56.3 Å². The number of rotatable bonds is 9. The Morgan fingerprint density at radius 3 is 2.37 bits per heavy atom. The highest BCUT2D eigenvalue weighted by atomic mass is 16.3. The molecule has 2 N–H and O–H groups in total. The number of aliphatic hydroxyl groups is 1. The molecule has 0 radical (unpaired) electrons. The van der Waals surface area contributed by atoms with Crippen LogP contribution in [0.5, 0.6) is 0 Å². The summed E-state index contributed by atoms with van der Waals surface area (Å²) in [5.74, 6) is 0.0484. The van der Waals surface area contributed by atoms with E-state index in [-0.39, 0.29) is 24.4 Å². The molecule has 0 saturated heterocycles. The van der Waals surface area contributed by atoms with Crippen molar-refractivity contribution in [2.75, 3.05) is 20.1 Å². The molecule has 1 heterocycles. The number of likely N-dealkylation sites (N-methyl/N-ethyl adjacent to an activating group) is 1. The fourth-order valence-electron chi connectivity index (χ4n) is 3.55. The van der Waals surface area contributed by atoms with Crippen LogP contribution in [0.25, 0.3) is 11.0 Å². The van der Waals surface area contributed by atoms with Crippen LogP contribution in [0.1, 0.15) is 29.9 Å². The van der Waals surface area contributed by atoms with Crippen molar-refractivity contribution >= 4 is 16.9 Å². The zero-order chi connectivity index (χ0) is 21.5. The summed E-state index contributed by atoms with van der Waals surface area (Å²) in [6.45, 7) is 4.87. The van der Waals surface area contributed by atoms with E-state index >= 15 is 0 Å². The van der Waals surface area contributed by atoms with Crippen molar-refractivity contribution in [2.45, 2.75) is 32.4 Å². The van der Waals surface area contributed by atoms with E-state index in [1.165, 1.54) is 6.20 Å². The molecule has 3 aromatic rings. The number of nitrogens with zero attached hydrogens (tertiary/aromatic N) is 3. The highest BCUT2D eigenvalue weighted by Gasteiger charge is 2.26.